The van der Waals surface area contributed by atoms with Gasteiger partial charge in [-0.25, -0.2) is 0 Å². The summed E-state index contributed by atoms with van der Waals surface area (Å²) in [5.74, 6) is 0.141. The van der Waals surface area contributed by atoms with Crippen molar-refractivity contribution in [3.8, 4) is 0 Å². The zero-order chi connectivity index (χ0) is 11.1. The third-order valence-corrected chi connectivity index (χ3v) is 2.85. The molecule has 0 saturated carbocycles. The average molecular weight is 200 g/mol. The fourth-order valence-electron chi connectivity index (χ4n) is 1.83. The Kier molecular flexibility index (Phi) is 2.26. The summed E-state index contributed by atoms with van der Waals surface area (Å²) in [5, 5.41) is 0. The predicted molar refractivity (Wildman–Crippen MR) is 62.3 cm³/mol. The average Bonchev–Trinajstić information content (AvgIpc) is 2.16. The van der Waals surface area contributed by atoms with E-state index in [1.807, 2.05) is 12.1 Å². The van der Waals surface area contributed by atoms with E-state index in [2.05, 4.69) is 32.9 Å². The van der Waals surface area contributed by atoms with Gasteiger partial charge in [-0.1, -0.05) is 39.0 Å². The fraction of sp³-hybridized carbons (Fsp3) is 0.357. The molecular weight excluding hydrogens is 184 g/mol. The van der Waals surface area contributed by atoms with E-state index in [-0.39, 0.29) is 11.2 Å². The number of carbonyl (C=O) groups excluding carboxylic acids is 1. The van der Waals surface area contributed by atoms with Crippen molar-refractivity contribution in [3.05, 3.63) is 47.0 Å². The monoisotopic (exact) mass is 200 g/mol. The van der Waals surface area contributed by atoms with E-state index >= 15 is 0 Å². The lowest BCUT2D eigenvalue weighted by Gasteiger charge is -2.21. The summed E-state index contributed by atoms with van der Waals surface area (Å²) in [6.45, 7) is 6.49. The van der Waals surface area contributed by atoms with Crippen molar-refractivity contribution in [2.24, 2.45) is 0 Å². The Balaban J connectivity index is 2.52. The fourth-order valence-corrected chi connectivity index (χ4v) is 1.83. The van der Waals surface area contributed by atoms with Crippen LogP contribution in [0, 0.1) is 0 Å². The van der Waals surface area contributed by atoms with Crippen molar-refractivity contribution in [3.63, 3.8) is 0 Å². The predicted octanol–water partition coefficient (Wildman–Crippen LogP) is 3.28. The molecule has 1 nitrogen and oxygen atoms in total. The second kappa shape index (κ2) is 3.34. The van der Waals surface area contributed by atoms with Crippen LogP contribution >= 0.6 is 0 Å². The lowest BCUT2D eigenvalue weighted by atomic mass is 9.83. The van der Waals surface area contributed by atoms with Crippen LogP contribution in [-0.4, -0.2) is 5.78 Å². The third kappa shape index (κ3) is 1.87. The summed E-state index contributed by atoms with van der Waals surface area (Å²) in [7, 11) is 0. The first-order valence-electron chi connectivity index (χ1n) is 5.33. The standard InChI is InChI=1S/C14H16O/c1-14(2,3)11-8-7-10-5-4-6-13(15)12(10)9-11/h4,6-9H,5H2,1-3H3. The molecule has 1 aromatic carbocycles. The van der Waals surface area contributed by atoms with Crippen LogP contribution in [0.5, 0.6) is 0 Å². The van der Waals surface area contributed by atoms with Crippen molar-refractivity contribution < 1.29 is 4.79 Å². The van der Waals surface area contributed by atoms with Gasteiger partial charge in [0.2, 0.25) is 0 Å². The smallest absolute Gasteiger partial charge is 0.185 e. The van der Waals surface area contributed by atoms with Gasteiger partial charge in [-0.2, -0.15) is 0 Å². The molecule has 1 aliphatic rings. The van der Waals surface area contributed by atoms with Crippen LogP contribution in [-0.2, 0) is 11.8 Å². The van der Waals surface area contributed by atoms with Crippen molar-refractivity contribution in [2.75, 3.05) is 0 Å². The molecule has 0 saturated heterocycles. The Morgan fingerprint density at radius 1 is 1.20 bits per heavy atom. The first-order chi connectivity index (χ1) is 6.98. The van der Waals surface area contributed by atoms with Gasteiger partial charge in [0, 0.05) is 5.56 Å². The lowest BCUT2D eigenvalue weighted by molar-refractivity contribution is 0.104. The number of allylic oxidation sites excluding steroid dienone is 2. The number of benzene rings is 1. The Labute approximate surface area is 90.8 Å². The van der Waals surface area contributed by atoms with Gasteiger partial charge in [0.05, 0.1) is 0 Å². The summed E-state index contributed by atoms with van der Waals surface area (Å²) in [6.07, 6.45) is 4.49. The number of fused-ring (bicyclic) bond motifs is 1. The van der Waals surface area contributed by atoms with Crippen LogP contribution in [0.2, 0.25) is 0 Å². The summed E-state index contributed by atoms with van der Waals surface area (Å²) >= 11 is 0. The second-order valence-corrected chi connectivity index (χ2v) is 5.09. The highest BCUT2D eigenvalue weighted by Crippen LogP contribution is 2.26. The quantitative estimate of drug-likeness (QED) is 0.628. The summed E-state index contributed by atoms with van der Waals surface area (Å²) in [4.78, 5) is 11.7. The Bertz CT molecular complexity index is 433. The second-order valence-electron chi connectivity index (χ2n) is 5.09. The van der Waals surface area contributed by atoms with Gasteiger partial charge in [0.25, 0.3) is 0 Å². The number of rotatable bonds is 0. The highest BCUT2D eigenvalue weighted by atomic mass is 16.1. The molecule has 0 spiro atoms. The van der Waals surface area contributed by atoms with Crippen LogP contribution in [0.3, 0.4) is 0 Å². The number of hydrogen-bond acceptors (Lipinski definition) is 1. The van der Waals surface area contributed by atoms with Crippen molar-refractivity contribution >= 4 is 5.78 Å². The number of hydrogen-bond donors (Lipinski definition) is 0. The molecule has 0 amide bonds. The molecule has 78 valence electrons. The van der Waals surface area contributed by atoms with E-state index in [0.717, 1.165) is 17.5 Å². The summed E-state index contributed by atoms with van der Waals surface area (Å²) in [6, 6.07) is 6.25. The molecule has 1 heteroatoms. The molecule has 0 bridgehead atoms. The first-order valence-corrected chi connectivity index (χ1v) is 5.33. The normalized spacial score (nSPS) is 15.3. The highest BCUT2D eigenvalue weighted by molar-refractivity contribution is 6.06. The molecule has 0 unspecified atom stereocenters. The molecule has 1 aliphatic carbocycles. The molecule has 0 N–H and O–H groups in total. The lowest BCUT2D eigenvalue weighted by Crippen LogP contribution is -2.14. The van der Waals surface area contributed by atoms with Gasteiger partial charge >= 0.3 is 0 Å². The van der Waals surface area contributed by atoms with Gasteiger partial charge in [0.15, 0.2) is 5.78 Å². The molecule has 1 aromatic rings. The van der Waals surface area contributed by atoms with E-state index in [4.69, 9.17) is 0 Å². The summed E-state index contributed by atoms with van der Waals surface area (Å²) in [5.41, 5.74) is 3.36. The molecule has 0 heterocycles. The molecular formula is C14H16O. The number of carbonyl (C=O) groups is 1. The van der Waals surface area contributed by atoms with Crippen LogP contribution in [0.25, 0.3) is 0 Å². The van der Waals surface area contributed by atoms with Gasteiger partial charge < -0.3 is 0 Å². The van der Waals surface area contributed by atoms with Crippen LogP contribution in [0.15, 0.2) is 30.4 Å². The van der Waals surface area contributed by atoms with E-state index in [9.17, 15) is 4.79 Å². The third-order valence-electron chi connectivity index (χ3n) is 2.85. The maximum atomic E-state index is 11.7. The Morgan fingerprint density at radius 2 is 1.93 bits per heavy atom. The molecule has 0 fully saturated rings. The van der Waals surface area contributed by atoms with Gasteiger partial charge in [-0.05, 0) is 35.1 Å². The minimum absolute atomic E-state index is 0.108. The van der Waals surface area contributed by atoms with E-state index < -0.39 is 0 Å². The maximum Gasteiger partial charge on any atom is 0.185 e. The molecule has 2 rings (SSSR count). The van der Waals surface area contributed by atoms with Crippen molar-refractivity contribution in [1.82, 2.24) is 0 Å². The van der Waals surface area contributed by atoms with Crippen LogP contribution in [0.1, 0.15) is 42.3 Å². The largest absolute Gasteiger partial charge is 0.289 e. The van der Waals surface area contributed by atoms with Crippen molar-refractivity contribution in [1.29, 1.82) is 0 Å². The van der Waals surface area contributed by atoms with Crippen LogP contribution < -0.4 is 0 Å². The molecule has 0 aromatic heterocycles. The maximum absolute atomic E-state index is 11.7. The zero-order valence-electron chi connectivity index (χ0n) is 9.50. The van der Waals surface area contributed by atoms with E-state index in [1.54, 1.807) is 6.08 Å². The zero-order valence-corrected chi connectivity index (χ0v) is 9.50. The SMILES string of the molecule is CC(C)(C)c1ccc2c(c1)C(=O)C=CC2. The number of ketones is 1. The van der Waals surface area contributed by atoms with Gasteiger partial charge in [-0.15, -0.1) is 0 Å². The Morgan fingerprint density at radius 3 is 2.60 bits per heavy atom. The van der Waals surface area contributed by atoms with Crippen molar-refractivity contribution in [2.45, 2.75) is 32.6 Å². The summed E-state index contributed by atoms with van der Waals surface area (Å²) < 4.78 is 0. The molecule has 15 heavy (non-hydrogen) atoms. The van der Waals surface area contributed by atoms with E-state index in [1.165, 1.54) is 5.56 Å². The molecule has 0 atom stereocenters. The first kappa shape index (κ1) is 10.2. The minimum Gasteiger partial charge on any atom is -0.289 e. The van der Waals surface area contributed by atoms with Gasteiger partial charge in [-0.3, -0.25) is 4.79 Å². The Hall–Kier alpha value is -1.37. The molecule has 0 radical (unpaired) electrons. The minimum atomic E-state index is 0.108. The van der Waals surface area contributed by atoms with E-state index in [0.29, 0.717) is 0 Å². The van der Waals surface area contributed by atoms with Gasteiger partial charge in [0.1, 0.15) is 0 Å². The topological polar surface area (TPSA) is 17.1 Å². The molecule has 0 aliphatic heterocycles. The highest BCUT2D eigenvalue weighted by Gasteiger charge is 2.18. The van der Waals surface area contributed by atoms with Crippen LogP contribution in [0.4, 0.5) is 0 Å².